The van der Waals surface area contributed by atoms with E-state index in [1.54, 1.807) is 55.7 Å². The van der Waals surface area contributed by atoms with Gasteiger partial charge in [-0.05, 0) is 62.6 Å². The highest BCUT2D eigenvalue weighted by Gasteiger charge is 2.16. The monoisotopic (exact) mass is 474 g/mol. The molecule has 35 heavy (non-hydrogen) atoms. The number of pyridine rings is 1. The van der Waals surface area contributed by atoms with Gasteiger partial charge in [-0.3, -0.25) is 14.6 Å². The van der Waals surface area contributed by atoms with Gasteiger partial charge in [-0.25, -0.2) is 9.78 Å². The Kier molecular flexibility index (Phi) is 7.87. The predicted octanol–water partition coefficient (Wildman–Crippen LogP) is 4.12. The molecule has 2 aromatic heterocycles. The zero-order chi connectivity index (χ0) is 24.6. The number of nitrogens with zero attached hydrogens (tertiary/aromatic N) is 3. The second kappa shape index (κ2) is 11.4. The number of carbonyl (C=O) groups is 2. The highest BCUT2D eigenvalue weighted by molar-refractivity contribution is 5.92. The van der Waals surface area contributed by atoms with E-state index < -0.39 is 0 Å². The Morgan fingerprint density at radius 1 is 0.943 bits per heavy atom. The Morgan fingerprint density at radius 3 is 2.20 bits per heavy atom. The largest absolute Gasteiger partial charge is 0.326 e. The van der Waals surface area contributed by atoms with Gasteiger partial charge in [0, 0.05) is 60.1 Å². The molecule has 3 amide bonds. The predicted molar refractivity (Wildman–Crippen MR) is 135 cm³/mol. The van der Waals surface area contributed by atoms with Crippen LogP contribution in [0.15, 0.2) is 53.6 Å². The molecule has 0 atom stereocenters. The van der Waals surface area contributed by atoms with Crippen molar-refractivity contribution in [2.45, 2.75) is 45.4 Å². The summed E-state index contributed by atoms with van der Waals surface area (Å²) in [7, 11) is 0. The van der Waals surface area contributed by atoms with Crippen LogP contribution < -0.4 is 16.2 Å². The number of aromatic nitrogens is 3. The Labute approximate surface area is 204 Å². The maximum absolute atomic E-state index is 12.6. The molecule has 1 aliphatic heterocycles. The van der Waals surface area contributed by atoms with Crippen LogP contribution in [0.5, 0.6) is 0 Å². The maximum atomic E-state index is 12.6. The zero-order valence-electron chi connectivity index (χ0n) is 19.8. The van der Waals surface area contributed by atoms with Crippen LogP contribution in [0, 0.1) is 6.92 Å². The number of rotatable bonds is 6. The van der Waals surface area contributed by atoms with Crippen molar-refractivity contribution in [1.82, 2.24) is 19.9 Å². The standard InChI is InChI=1S/C26H30N6O3/c1-18-22(25(34)31-24(28-18)19-12-14-27-15-13-19)10-11-23(33)29-20-6-8-21(9-7-20)30-26(35)32-16-4-2-3-5-17-32/h6-9,12-15H,2-5,10-11,16-17H2,1H3,(H,29,33)(H,30,35)(H,28,31,34). The van der Waals surface area contributed by atoms with Gasteiger partial charge in [0.1, 0.15) is 5.82 Å². The van der Waals surface area contributed by atoms with Gasteiger partial charge in [-0.1, -0.05) is 12.8 Å². The van der Waals surface area contributed by atoms with E-state index in [9.17, 15) is 14.4 Å². The van der Waals surface area contributed by atoms with Crippen LogP contribution in [0.2, 0.25) is 0 Å². The summed E-state index contributed by atoms with van der Waals surface area (Å²) in [6, 6.07) is 10.5. The first kappa shape index (κ1) is 24.1. The minimum absolute atomic E-state index is 0.0900. The Morgan fingerprint density at radius 2 is 1.57 bits per heavy atom. The molecule has 1 aromatic carbocycles. The first-order chi connectivity index (χ1) is 17.0. The van der Waals surface area contributed by atoms with Crippen molar-refractivity contribution >= 4 is 23.3 Å². The smallest absolute Gasteiger partial charge is 0.321 e. The summed E-state index contributed by atoms with van der Waals surface area (Å²) in [6.45, 7) is 3.33. The number of anilines is 2. The Bertz CT molecular complexity index is 1220. The van der Waals surface area contributed by atoms with Crippen LogP contribution in [-0.4, -0.2) is 44.9 Å². The number of hydrogen-bond donors (Lipinski definition) is 3. The molecule has 0 saturated carbocycles. The van der Waals surface area contributed by atoms with Crippen molar-refractivity contribution in [3.63, 3.8) is 0 Å². The Balaban J connectivity index is 1.30. The SMILES string of the molecule is Cc1nc(-c2ccncc2)[nH]c(=O)c1CCC(=O)Nc1ccc(NC(=O)N2CCCCCC2)cc1. The van der Waals surface area contributed by atoms with Gasteiger partial charge in [-0.2, -0.15) is 0 Å². The molecule has 0 radical (unpaired) electrons. The third-order valence-corrected chi connectivity index (χ3v) is 6.09. The van der Waals surface area contributed by atoms with Crippen molar-refractivity contribution in [2.24, 2.45) is 0 Å². The summed E-state index contributed by atoms with van der Waals surface area (Å²) in [5, 5.41) is 5.76. The summed E-state index contributed by atoms with van der Waals surface area (Å²) in [6.07, 6.45) is 8.11. The average Bonchev–Trinajstić information content (AvgIpc) is 3.15. The van der Waals surface area contributed by atoms with Gasteiger partial charge in [0.2, 0.25) is 5.91 Å². The molecule has 1 saturated heterocycles. The van der Waals surface area contributed by atoms with Crippen molar-refractivity contribution in [2.75, 3.05) is 23.7 Å². The number of benzene rings is 1. The number of amides is 3. The number of H-pyrrole nitrogens is 1. The number of likely N-dealkylation sites (tertiary alicyclic amines) is 1. The molecular weight excluding hydrogens is 444 g/mol. The highest BCUT2D eigenvalue weighted by Crippen LogP contribution is 2.17. The molecular formula is C26H30N6O3. The number of hydrogen-bond acceptors (Lipinski definition) is 5. The van der Waals surface area contributed by atoms with Crippen LogP contribution in [0.1, 0.15) is 43.4 Å². The molecule has 182 valence electrons. The number of nitrogens with one attached hydrogen (secondary N) is 3. The lowest BCUT2D eigenvalue weighted by molar-refractivity contribution is -0.116. The molecule has 3 heterocycles. The normalized spacial score (nSPS) is 13.7. The van der Waals surface area contributed by atoms with Crippen LogP contribution in [0.4, 0.5) is 16.2 Å². The second-order valence-electron chi connectivity index (χ2n) is 8.67. The van der Waals surface area contributed by atoms with E-state index in [4.69, 9.17) is 0 Å². The number of aryl methyl sites for hydroxylation is 1. The van der Waals surface area contributed by atoms with Gasteiger partial charge in [0.15, 0.2) is 0 Å². The minimum Gasteiger partial charge on any atom is -0.326 e. The summed E-state index contributed by atoms with van der Waals surface area (Å²) < 4.78 is 0. The van der Waals surface area contributed by atoms with E-state index in [-0.39, 0.29) is 30.3 Å². The molecule has 4 rings (SSSR count). The van der Waals surface area contributed by atoms with E-state index in [2.05, 4.69) is 25.6 Å². The molecule has 1 aliphatic rings. The molecule has 0 bridgehead atoms. The molecule has 0 unspecified atom stereocenters. The van der Waals surface area contributed by atoms with Crippen molar-refractivity contribution in [3.05, 3.63) is 70.4 Å². The molecule has 9 nitrogen and oxygen atoms in total. The first-order valence-corrected chi connectivity index (χ1v) is 12.0. The minimum atomic E-state index is -0.249. The number of carbonyl (C=O) groups excluding carboxylic acids is 2. The maximum Gasteiger partial charge on any atom is 0.321 e. The quantitative estimate of drug-likeness (QED) is 0.496. The first-order valence-electron chi connectivity index (χ1n) is 12.0. The average molecular weight is 475 g/mol. The second-order valence-corrected chi connectivity index (χ2v) is 8.67. The van der Waals surface area contributed by atoms with Crippen LogP contribution in [0.3, 0.4) is 0 Å². The van der Waals surface area contributed by atoms with E-state index >= 15 is 0 Å². The lowest BCUT2D eigenvalue weighted by Gasteiger charge is -2.20. The van der Waals surface area contributed by atoms with Crippen molar-refractivity contribution in [3.8, 4) is 11.4 Å². The summed E-state index contributed by atoms with van der Waals surface area (Å²) in [4.78, 5) is 50.6. The fourth-order valence-electron chi connectivity index (χ4n) is 4.13. The van der Waals surface area contributed by atoms with Crippen LogP contribution in [0.25, 0.3) is 11.4 Å². The van der Waals surface area contributed by atoms with E-state index in [0.29, 0.717) is 28.5 Å². The fraction of sp³-hybridized carbons (Fsp3) is 0.346. The van der Waals surface area contributed by atoms with E-state index in [1.165, 1.54) is 12.8 Å². The van der Waals surface area contributed by atoms with Crippen molar-refractivity contribution in [1.29, 1.82) is 0 Å². The Hall–Kier alpha value is -4.01. The number of urea groups is 1. The zero-order valence-corrected chi connectivity index (χ0v) is 19.8. The molecule has 3 aromatic rings. The third kappa shape index (κ3) is 6.53. The molecule has 0 spiro atoms. The number of aromatic amines is 1. The van der Waals surface area contributed by atoms with E-state index in [1.807, 2.05) is 4.90 Å². The molecule has 1 fully saturated rings. The van der Waals surface area contributed by atoms with Gasteiger partial charge in [0.05, 0.1) is 0 Å². The molecule has 3 N–H and O–H groups in total. The van der Waals surface area contributed by atoms with Gasteiger partial charge < -0.3 is 20.5 Å². The van der Waals surface area contributed by atoms with Gasteiger partial charge in [-0.15, -0.1) is 0 Å². The fourth-order valence-corrected chi connectivity index (χ4v) is 4.13. The van der Waals surface area contributed by atoms with Crippen LogP contribution in [-0.2, 0) is 11.2 Å². The van der Waals surface area contributed by atoms with Crippen LogP contribution >= 0.6 is 0 Å². The molecule has 0 aliphatic carbocycles. The lowest BCUT2D eigenvalue weighted by Crippen LogP contribution is -2.35. The topological polar surface area (TPSA) is 120 Å². The van der Waals surface area contributed by atoms with Crippen molar-refractivity contribution < 1.29 is 9.59 Å². The van der Waals surface area contributed by atoms with E-state index in [0.717, 1.165) is 31.5 Å². The van der Waals surface area contributed by atoms with Gasteiger partial charge in [0.25, 0.3) is 5.56 Å². The van der Waals surface area contributed by atoms with Gasteiger partial charge >= 0.3 is 6.03 Å². The summed E-state index contributed by atoms with van der Waals surface area (Å²) in [5.74, 6) is 0.273. The third-order valence-electron chi connectivity index (χ3n) is 6.09. The summed E-state index contributed by atoms with van der Waals surface area (Å²) in [5.41, 5.74) is 2.92. The highest BCUT2D eigenvalue weighted by atomic mass is 16.2. The lowest BCUT2D eigenvalue weighted by atomic mass is 10.1. The summed E-state index contributed by atoms with van der Waals surface area (Å²) >= 11 is 0. The molecule has 9 heteroatoms.